The number of hydrogen-bond donors (Lipinski definition) is 2. The van der Waals surface area contributed by atoms with Gasteiger partial charge in [-0.2, -0.15) is 0 Å². The second kappa shape index (κ2) is 5.63. The van der Waals surface area contributed by atoms with Gasteiger partial charge in [0, 0.05) is 11.6 Å². The van der Waals surface area contributed by atoms with Crippen molar-refractivity contribution in [3.8, 4) is 5.75 Å². The Morgan fingerprint density at radius 3 is 2.35 bits per heavy atom. The topological polar surface area (TPSA) is 66.6 Å². The van der Waals surface area contributed by atoms with Crippen molar-refractivity contribution in [2.45, 2.75) is 19.9 Å². The number of phenolic OH excluding ortho intramolecular Hbond substituents is 1. The van der Waals surface area contributed by atoms with E-state index in [0.29, 0.717) is 5.56 Å². The Hall–Kier alpha value is -1.62. The predicted molar refractivity (Wildman–Crippen MR) is 71.1 cm³/mol. The van der Waals surface area contributed by atoms with Gasteiger partial charge in [-0.3, -0.25) is 4.79 Å². The summed E-state index contributed by atoms with van der Waals surface area (Å²) < 4.78 is 0. The molecule has 0 aliphatic heterocycles. The SMILES string of the molecule is CC(C)N(CC(N)=S)C(=O)c1ccc(O)cc1. The van der Waals surface area contributed by atoms with E-state index in [1.165, 1.54) is 12.1 Å². The van der Waals surface area contributed by atoms with Crippen LogP contribution in [-0.2, 0) is 0 Å². The van der Waals surface area contributed by atoms with Crippen LogP contribution in [0.2, 0.25) is 0 Å². The zero-order chi connectivity index (χ0) is 13.0. The van der Waals surface area contributed by atoms with E-state index in [2.05, 4.69) is 0 Å². The van der Waals surface area contributed by atoms with Gasteiger partial charge in [0.15, 0.2) is 0 Å². The molecule has 0 heterocycles. The molecule has 92 valence electrons. The molecule has 4 nitrogen and oxygen atoms in total. The van der Waals surface area contributed by atoms with E-state index in [9.17, 15) is 4.79 Å². The van der Waals surface area contributed by atoms with E-state index in [4.69, 9.17) is 23.1 Å². The number of phenols is 1. The number of aromatic hydroxyl groups is 1. The molecule has 0 saturated heterocycles. The van der Waals surface area contributed by atoms with Crippen LogP contribution in [0.4, 0.5) is 0 Å². The van der Waals surface area contributed by atoms with Crippen molar-refractivity contribution < 1.29 is 9.90 Å². The number of rotatable bonds is 4. The normalized spacial score (nSPS) is 10.3. The number of thiocarbonyl (C=S) groups is 1. The fraction of sp³-hybridized carbons (Fsp3) is 0.333. The maximum absolute atomic E-state index is 12.2. The summed E-state index contributed by atoms with van der Waals surface area (Å²) in [7, 11) is 0. The lowest BCUT2D eigenvalue weighted by Crippen LogP contribution is -2.42. The van der Waals surface area contributed by atoms with Crippen LogP contribution in [0, 0.1) is 0 Å². The number of benzene rings is 1. The van der Waals surface area contributed by atoms with E-state index in [1.807, 2.05) is 13.8 Å². The molecule has 1 aromatic rings. The van der Waals surface area contributed by atoms with E-state index in [-0.39, 0.29) is 29.2 Å². The first kappa shape index (κ1) is 13.4. The molecule has 3 N–H and O–H groups in total. The summed E-state index contributed by atoms with van der Waals surface area (Å²) in [6.45, 7) is 4.06. The number of hydrogen-bond acceptors (Lipinski definition) is 3. The average molecular weight is 252 g/mol. The van der Waals surface area contributed by atoms with Gasteiger partial charge >= 0.3 is 0 Å². The molecular formula is C12H16N2O2S. The first-order valence-electron chi connectivity index (χ1n) is 5.30. The fourth-order valence-electron chi connectivity index (χ4n) is 1.43. The van der Waals surface area contributed by atoms with Crippen LogP contribution in [0.25, 0.3) is 0 Å². The van der Waals surface area contributed by atoms with Gasteiger partial charge in [0.1, 0.15) is 5.75 Å². The van der Waals surface area contributed by atoms with Crippen molar-refractivity contribution in [3.05, 3.63) is 29.8 Å². The third-order valence-electron chi connectivity index (χ3n) is 2.32. The molecule has 0 aliphatic rings. The minimum atomic E-state index is -0.146. The zero-order valence-electron chi connectivity index (χ0n) is 9.88. The Balaban J connectivity index is 2.91. The van der Waals surface area contributed by atoms with E-state index < -0.39 is 0 Å². The molecule has 0 unspecified atom stereocenters. The van der Waals surface area contributed by atoms with Gasteiger partial charge in [-0.1, -0.05) is 12.2 Å². The van der Waals surface area contributed by atoms with Crippen molar-refractivity contribution in [2.75, 3.05) is 6.54 Å². The number of nitrogens with two attached hydrogens (primary N) is 1. The molecule has 5 heteroatoms. The lowest BCUT2D eigenvalue weighted by molar-refractivity contribution is 0.0736. The van der Waals surface area contributed by atoms with Gasteiger partial charge in [0.25, 0.3) is 5.91 Å². The summed E-state index contributed by atoms with van der Waals surface area (Å²) in [5.41, 5.74) is 5.98. The van der Waals surface area contributed by atoms with Crippen molar-refractivity contribution in [2.24, 2.45) is 5.73 Å². The minimum absolute atomic E-state index is 0.0119. The zero-order valence-corrected chi connectivity index (χ0v) is 10.7. The molecule has 0 fully saturated rings. The molecular weight excluding hydrogens is 236 g/mol. The highest BCUT2D eigenvalue weighted by Gasteiger charge is 2.19. The highest BCUT2D eigenvalue weighted by atomic mass is 32.1. The molecule has 17 heavy (non-hydrogen) atoms. The summed E-state index contributed by atoms with van der Waals surface area (Å²) >= 11 is 4.82. The van der Waals surface area contributed by atoms with Gasteiger partial charge < -0.3 is 15.7 Å². The van der Waals surface area contributed by atoms with Crippen molar-refractivity contribution >= 4 is 23.1 Å². The number of nitrogens with zero attached hydrogens (tertiary/aromatic N) is 1. The number of carbonyl (C=O) groups excluding carboxylic acids is 1. The molecule has 0 aromatic heterocycles. The summed E-state index contributed by atoms with van der Waals surface area (Å²) in [6.07, 6.45) is 0. The van der Waals surface area contributed by atoms with Gasteiger partial charge in [-0.25, -0.2) is 0 Å². The molecule has 0 aliphatic carbocycles. The maximum atomic E-state index is 12.2. The van der Waals surface area contributed by atoms with Crippen molar-refractivity contribution in [1.29, 1.82) is 0 Å². The fourth-order valence-corrected chi connectivity index (χ4v) is 1.57. The Morgan fingerprint density at radius 2 is 1.94 bits per heavy atom. The molecule has 0 radical (unpaired) electrons. The van der Waals surface area contributed by atoms with E-state index in [0.717, 1.165) is 0 Å². The van der Waals surface area contributed by atoms with Crippen LogP contribution < -0.4 is 5.73 Å². The van der Waals surface area contributed by atoms with Crippen LogP contribution in [0.5, 0.6) is 5.75 Å². The van der Waals surface area contributed by atoms with Crippen molar-refractivity contribution in [3.63, 3.8) is 0 Å². The third kappa shape index (κ3) is 3.71. The molecule has 1 rings (SSSR count). The van der Waals surface area contributed by atoms with Crippen LogP contribution in [-0.4, -0.2) is 33.5 Å². The summed E-state index contributed by atoms with van der Waals surface area (Å²) in [5.74, 6) is -0.0141. The highest BCUT2D eigenvalue weighted by Crippen LogP contribution is 2.13. The molecule has 0 saturated carbocycles. The lowest BCUT2D eigenvalue weighted by Gasteiger charge is -2.26. The Kier molecular flexibility index (Phi) is 4.45. The van der Waals surface area contributed by atoms with E-state index in [1.54, 1.807) is 17.0 Å². The second-order valence-corrected chi connectivity index (χ2v) is 4.56. The summed E-state index contributed by atoms with van der Waals surface area (Å²) in [4.78, 5) is 14.0. The largest absolute Gasteiger partial charge is 0.508 e. The van der Waals surface area contributed by atoms with Crippen molar-refractivity contribution in [1.82, 2.24) is 4.90 Å². The van der Waals surface area contributed by atoms with Crippen LogP contribution in [0.1, 0.15) is 24.2 Å². The first-order valence-corrected chi connectivity index (χ1v) is 5.71. The van der Waals surface area contributed by atoms with E-state index >= 15 is 0 Å². The molecule has 0 bridgehead atoms. The lowest BCUT2D eigenvalue weighted by atomic mass is 10.1. The van der Waals surface area contributed by atoms with Crippen LogP contribution in [0.15, 0.2) is 24.3 Å². The standard InChI is InChI=1S/C12H16N2O2S/c1-8(2)14(7-11(13)17)12(16)9-3-5-10(15)6-4-9/h3-6,8,15H,7H2,1-2H3,(H2,13,17). The van der Waals surface area contributed by atoms with Gasteiger partial charge in [-0.05, 0) is 38.1 Å². The first-order chi connectivity index (χ1) is 7.91. The summed E-state index contributed by atoms with van der Waals surface area (Å²) in [6, 6.07) is 6.12. The second-order valence-electron chi connectivity index (χ2n) is 4.04. The third-order valence-corrected chi connectivity index (χ3v) is 2.45. The quantitative estimate of drug-likeness (QED) is 0.797. The molecule has 0 atom stereocenters. The molecule has 1 aromatic carbocycles. The van der Waals surface area contributed by atoms with Gasteiger partial charge in [-0.15, -0.1) is 0 Å². The van der Waals surface area contributed by atoms with Gasteiger partial charge in [0.2, 0.25) is 0 Å². The van der Waals surface area contributed by atoms with Gasteiger partial charge in [0.05, 0.1) is 11.5 Å². The number of amides is 1. The maximum Gasteiger partial charge on any atom is 0.254 e. The van der Waals surface area contributed by atoms with Crippen LogP contribution >= 0.6 is 12.2 Å². The highest BCUT2D eigenvalue weighted by molar-refractivity contribution is 7.80. The Bertz CT molecular complexity index is 415. The Morgan fingerprint density at radius 1 is 1.41 bits per heavy atom. The monoisotopic (exact) mass is 252 g/mol. The minimum Gasteiger partial charge on any atom is -0.508 e. The predicted octanol–water partition coefficient (Wildman–Crippen LogP) is 1.53. The Labute approximate surface area is 106 Å². The number of carbonyl (C=O) groups is 1. The van der Waals surface area contributed by atoms with Crippen LogP contribution in [0.3, 0.4) is 0 Å². The summed E-state index contributed by atoms with van der Waals surface area (Å²) in [5, 5.41) is 9.17. The molecule has 1 amide bonds. The smallest absolute Gasteiger partial charge is 0.254 e. The average Bonchev–Trinajstić information content (AvgIpc) is 2.25. The molecule has 0 spiro atoms.